The molecule has 2 aromatic rings. The van der Waals surface area contributed by atoms with Gasteiger partial charge in [-0.15, -0.1) is 0 Å². The van der Waals surface area contributed by atoms with E-state index in [9.17, 15) is 4.79 Å². The molecule has 0 radical (unpaired) electrons. The van der Waals surface area contributed by atoms with Gasteiger partial charge in [0, 0.05) is 56.3 Å². The lowest BCUT2D eigenvalue weighted by molar-refractivity contribution is 0.193. The van der Waals surface area contributed by atoms with Gasteiger partial charge >= 0.3 is 6.03 Å². The SMILES string of the molecule is CCn1cc(CNC(=O)N(C)[C@H](C)Cc2cc(C)ccn2)c(C)n1. The summed E-state index contributed by atoms with van der Waals surface area (Å²) in [6.07, 6.45) is 4.53. The molecule has 1 atom stereocenters. The van der Waals surface area contributed by atoms with Crippen LogP contribution in [-0.4, -0.2) is 38.8 Å². The summed E-state index contributed by atoms with van der Waals surface area (Å²) in [5.41, 5.74) is 4.19. The molecule has 2 rings (SSSR count). The van der Waals surface area contributed by atoms with Crippen LogP contribution in [0.2, 0.25) is 0 Å². The molecule has 0 unspecified atom stereocenters. The summed E-state index contributed by atoms with van der Waals surface area (Å²) in [6.45, 7) is 9.40. The summed E-state index contributed by atoms with van der Waals surface area (Å²) in [5, 5.41) is 7.36. The van der Waals surface area contributed by atoms with E-state index in [0.29, 0.717) is 6.54 Å². The molecule has 0 saturated heterocycles. The van der Waals surface area contributed by atoms with Crippen LogP contribution in [0.3, 0.4) is 0 Å². The lowest BCUT2D eigenvalue weighted by Gasteiger charge is -2.25. The second kappa shape index (κ2) is 7.95. The zero-order chi connectivity index (χ0) is 17.7. The summed E-state index contributed by atoms with van der Waals surface area (Å²) >= 11 is 0. The van der Waals surface area contributed by atoms with Crippen molar-refractivity contribution in [1.29, 1.82) is 0 Å². The minimum absolute atomic E-state index is 0.0683. The molecule has 6 nitrogen and oxygen atoms in total. The van der Waals surface area contributed by atoms with Gasteiger partial charge in [-0.05, 0) is 45.4 Å². The number of nitrogens with zero attached hydrogens (tertiary/aromatic N) is 4. The lowest BCUT2D eigenvalue weighted by Crippen LogP contribution is -2.43. The van der Waals surface area contributed by atoms with Crippen molar-refractivity contribution in [3.05, 3.63) is 47.0 Å². The van der Waals surface area contributed by atoms with Gasteiger partial charge < -0.3 is 10.2 Å². The first-order valence-corrected chi connectivity index (χ1v) is 8.35. The van der Waals surface area contributed by atoms with E-state index in [0.717, 1.165) is 29.9 Å². The van der Waals surface area contributed by atoms with Crippen LogP contribution in [0.5, 0.6) is 0 Å². The molecule has 1 N–H and O–H groups in total. The van der Waals surface area contributed by atoms with Crippen LogP contribution in [0, 0.1) is 13.8 Å². The zero-order valence-electron chi connectivity index (χ0n) is 15.2. The number of hydrogen-bond acceptors (Lipinski definition) is 3. The van der Waals surface area contributed by atoms with E-state index in [-0.39, 0.29) is 12.1 Å². The Hall–Kier alpha value is -2.37. The number of pyridine rings is 1. The molecule has 0 aliphatic carbocycles. The molecular formula is C18H27N5O. The smallest absolute Gasteiger partial charge is 0.317 e. The maximum atomic E-state index is 12.4. The number of carbonyl (C=O) groups excluding carboxylic acids is 1. The predicted molar refractivity (Wildman–Crippen MR) is 94.8 cm³/mol. The molecule has 0 fully saturated rings. The molecule has 0 spiro atoms. The highest BCUT2D eigenvalue weighted by Gasteiger charge is 2.17. The third kappa shape index (κ3) is 4.57. The second-order valence-corrected chi connectivity index (χ2v) is 6.24. The summed E-state index contributed by atoms with van der Waals surface area (Å²) in [5.74, 6) is 0. The fraction of sp³-hybridized carbons (Fsp3) is 0.500. The fourth-order valence-electron chi connectivity index (χ4n) is 2.54. The number of amides is 2. The van der Waals surface area contributed by atoms with E-state index in [4.69, 9.17) is 0 Å². The quantitative estimate of drug-likeness (QED) is 0.886. The van der Waals surface area contributed by atoms with Gasteiger partial charge in [-0.1, -0.05) is 0 Å². The van der Waals surface area contributed by atoms with E-state index in [1.807, 2.05) is 57.9 Å². The number of carbonyl (C=O) groups is 1. The molecule has 6 heteroatoms. The van der Waals surface area contributed by atoms with E-state index in [2.05, 4.69) is 21.5 Å². The molecule has 2 amide bonds. The Morgan fingerprint density at radius 1 is 1.42 bits per heavy atom. The van der Waals surface area contributed by atoms with Gasteiger partial charge in [0.05, 0.1) is 5.69 Å². The van der Waals surface area contributed by atoms with Crippen LogP contribution in [0.25, 0.3) is 0 Å². The van der Waals surface area contributed by atoms with Gasteiger partial charge in [-0.3, -0.25) is 9.67 Å². The lowest BCUT2D eigenvalue weighted by atomic mass is 10.1. The van der Waals surface area contributed by atoms with Crippen molar-refractivity contribution in [2.45, 2.75) is 53.2 Å². The van der Waals surface area contributed by atoms with Crippen molar-refractivity contribution in [3.8, 4) is 0 Å². The molecule has 130 valence electrons. The van der Waals surface area contributed by atoms with Gasteiger partial charge in [-0.2, -0.15) is 5.10 Å². The zero-order valence-corrected chi connectivity index (χ0v) is 15.2. The highest BCUT2D eigenvalue weighted by Crippen LogP contribution is 2.09. The van der Waals surface area contributed by atoms with Crippen molar-refractivity contribution < 1.29 is 4.79 Å². The standard InChI is InChI=1S/C18H27N5O/c1-6-23-12-16(15(4)21-23)11-20-18(24)22(5)14(3)10-17-9-13(2)7-8-19-17/h7-9,12,14H,6,10-11H2,1-5H3,(H,20,24)/t14-/m1/s1. The largest absolute Gasteiger partial charge is 0.334 e. The van der Waals surface area contributed by atoms with Crippen molar-refractivity contribution in [2.75, 3.05) is 7.05 Å². The maximum absolute atomic E-state index is 12.4. The first kappa shape index (κ1) is 18.0. The number of urea groups is 1. The molecule has 2 heterocycles. The van der Waals surface area contributed by atoms with E-state index < -0.39 is 0 Å². The van der Waals surface area contributed by atoms with Crippen LogP contribution in [0.4, 0.5) is 4.79 Å². The number of rotatable bonds is 6. The molecular weight excluding hydrogens is 302 g/mol. The normalized spacial score (nSPS) is 12.0. The van der Waals surface area contributed by atoms with E-state index in [1.54, 1.807) is 4.90 Å². The molecule has 0 aliphatic rings. The molecule has 0 aliphatic heterocycles. The fourth-order valence-corrected chi connectivity index (χ4v) is 2.54. The van der Waals surface area contributed by atoms with E-state index >= 15 is 0 Å². The molecule has 0 bridgehead atoms. The summed E-state index contributed by atoms with van der Waals surface area (Å²) in [4.78, 5) is 18.5. The van der Waals surface area contributed by atoms with Gasteiger partial charge in [0.1, 0.15) is 0 Å². The average molecular weight is 329 g/mol. The summed E-state index contributed by atoms with van der Waals surface area (Å²) in [6, 6.07) is 4.02. The molecule has 2 aromatic heterocycles. The third-order valence-electron chi connectivity index (χ3n) is 4.26. The second-order valence-electron chi connectivity index (χ2n) is 6.24. The molecule has 0 saturated carbocycles. The number of likely N-dealkylation sites (N-methyl/N-ethyl adjacent to an activating group) is 1. The van der Waals surface area contributed by atoms with Gasteiger partial charge in [0.15, 0.2) is 0 Å². The summed E-state index contributed by atoms with van der Waals surface area (Å²) in [7, 11) is 1.82. The average Bonchev–Trinajstić information content (AvgIpc) is 2.92. The van der Waals surface area contributed by atoms with Crippen LogP contribution >= 0.6 is 0 Å². The Bertz CT molecular complexity index is 694. The minimum atomic E-state index is -0.0844. The number of nitrogens with one attached hydrogen (secondary N) is 1. The third-order valence-corrected chi connectivity index (χ3v) is 4.26. The minimum Gasteiger partial charge on any atom is -0.334 e. The van der Waals surface area contributed by atoms with Crippen molar-refractivity contribution in [3.63, 3.8) is 0 Å². The Kier molecular flexibility index (Phi) is 5.95. The van der Waals surface area contributed by atoms with Crippen LogP contribution in [-0.2, 0) is 19.5 Å². The predicted octanol–water partition coefficient (Wildman–Crippen LogP) is 2.69. The first-order chi connectivity index (χ1) is 11.4. The Labute approximate surface area is 143 Å². The van der Waals surface area contributed by atoms with Crippen molar-refractivity contribution in [1.82, 2.24) is 25.0 Å². The number of aromatic nitrogens is 3. The van der Waals surface area contributed by atoms with Gasteiger partial charge in [-0.25, -0.2) is 4.79 Å². The van der Waals surface area contributed by atoms with Gasteiger partial charge in [0.25, 0.3) is 0 Å². The topological polar surface area (TPSA) is 63.1 Å². The first-order valence-electron chi connectivity index (χ1n) is 8.35. The summed E-state index contributed by atoms with van der Waals surface area (Å²) < 4.78 is 1.88. The Morgan fingerprint density at radius 2 is 2.17 bits per heavy atom. The highest BCUT2D eigenvalue weighted by atomic mass is 16.2. The van der Waals surface area contributed by atoms with Crippen LogP contribution in [0.1, 0.15) is 36.4 Å². The van der Waals surface area contributed by atoms with Crippen molar-refractivity contribution >= 4 is 6.03 Å². The van der Waals surface area contributed by atoms with E-state index in [1.165, 1.54) is 5.56 Å². The maximum Gasteiger partial charge on any atom is 0.317 e. The van der Waals surface area contributed by atoms with Gasteiger partial charge in [0.2, 0.25) is 0 Å². The number of aryl methyl sites for hydroxylation is 3. The highest BCUT2D eigenvalue weighted by molar-refractivity contribution is 5.74. The monoisotopic (exact) mass is 329 g/mol. The molecule has 24 heavy (non-hydrogen) atoms. The van der Waals surface area contributed by atoms with Crippen LogP contribution < -0.4 is 5.32 Å². The molecule has 0 aromatic carbocycles. The van der Waals surface area contributed by atoms with Crippen molar-refractivity contribution in [2.24, 2.45) is 0 Å². The Balaban J connectivity index is 1.89. The Morgan fingerprint density at radius 3 is 2.79 bits per heavy atom. The number of hydrogen-bond donors (Lipinski definition) is 1. The van der Waals surface area contributed by atoms with Crippen LogP contribution in [0.15, 0.2) is 24.5 Å².